The SMILES string of the molecule is Cc1ccnc(Nc2cc(Nc3ccc(NC(=O)c4cc(-c5cccs5)on4)cc3)ncn2)c1. The number of pyridine rings is 1. The van der Waals surface area contributed by atoms with Gasteiger partial charge < -0.3 is 20.5 Å². The van der Waals surface area contributed by atoms with Crippen LogP contribution >= 0.6 is 11.3 Å². The van der Waals surface area contributed by atoms with Gasteiger partial charge in [0.1, 0.15) is 23.8 Å². The fourth-order valence-corrected chi connectivity index (χ4v) is 3.80. The molecule has 34 heavy (non-hydrogen) atoms. The first-order valence-electron chi connectivity index (χ1n) is 10.3. The van der Waals surface area contributed by atoms with E-state index in [0.717, 1.165) is 16.1 Å². The molecule has 5 aromatic rings. The highest BCUT2D eigenvalue weighted by atomic mass is 32.1. The molecule has 5 rings (SSSR count). The van der Waals surface area contributed by atoms with E-state index in [1.807, 2.05) is 48.7 Å². The van der Waals surface area contributed by atoms with Gasteiger partial charge in [-0.3, -0.25) is 4.79 Å². The first kappa shape index (κ1) is 21.3. The van der Waals surface area contributed by atoms with Crippen LogP contribution in [0.3, 0.4) is 0 Å². The zero-order chi connectivity index (χ0) is 23.3. The molecule has 0 aliphatic carbocycles. The minimum atomic E-state index is -0.344. The number of nitrogens with one attached hydrogen (secondary N) is 3. The molecule has 0 unspecified atom stereocenters. The van der Waals surface area contributed by atoms with E-state index in [1.165, 1.54) is 17.7 Å². The number of hydrogen-bond acceptors (Lipinski definition) is 9. The van der Waals surface area contributed by atoms with Crippen molar-refractivity contribution in [2.45, 2.75) is 6.92 Å². The smallest absolute Gasteiger partial charge is 0.277 e. The van der Waals surface area contributed by atoms with E-state index in [2.05, 4.69) is 36.1 Å². The van der Waals surface area contributed by atoms with Crippen LogP contribution in [0.4, 0.5) is 28.8 Å². The second-order valence-electron chi connectivity index (χ2n) is 7.34. The Hall–Kier alpha value is -4.57. The lowest BCUT2D eigenvalue weighted by Gasteiger charge is -2.09. The van der Waals surface area contributed by atoms with Crippen molar-refractivity contribution in [3.63, 3.8) is 0 Å². The van der Waals surface area contributed by atoms with Gasteiger partial charge in [-0.05, 0) is 60.3 Å². The van der Waals surface area contributed by atoms with Crippen LogP contribution in [0.1, 0.15) is 16.1 Å². The van der Waals surface area contributed by atoms with Crippen LogP contribution in [0.15, 0.2) is 83.1 Å². The Morgan fingerprint density at radius 2 is 1.65 bits per heavy atom. The number of thiophene rings is 1. The van der Waals surface area contributed by atoms with E-state index in [4.69, 9.17) is 4.52 Å². The number of aromatic nitrogens is 4. The van der Waals surface area contributed by atoms with Crippen LogP contribution in [-0.4, -0.2) is 26.0 Å². The van der Waals surface area contributed by atoms with Crippen LogP contribution in [-0.2, 0) is 0 Å². The van der Waals surface area contributed by atoms with E-state index >= 15 is 0 Å². The third-order valence-electron chi connectivity index (χ3n) is 4.76. The molecule has 4 heterocycles. The van der Waals surface area contributed by atoms with Crippen molar-refractivity contribution in [2.75, 3.05) is 16.0 Å². The van der Waals surface area contributed by atoms with Crippen molar-refractivity contribution in [3.8, 4) is 10.6 Å². The molecule has 3 N–H and O–H groups in total. The Labute approximate surface area is 198 Å². The third kappa shape index (κ3) is 5.08. The maximum Gasteiger partial charge on any atom is 0.277 e. The molecule has 168 valence electrons. The van der Waals surface area contributed by atoms with Gasteiger partial charge in [-0.15, -0.1) is 11.3 Å². The van der Waals surface area contributed by atoms with Crippen LogP contribution in [0, 0.1) is 6.92 Å². The summed E-state index contributed by atoms with van der Waals surface area (Å²) < 4.78 is 5.27. The molecule has 0 radical (unpaired) electrons. The number of carbonyl (C=O) groups is 1. The summed E-state index contributed by atoms with van der Waals surface area (Å²) in [4.78, 5) is 26.2. The topological polar surface area (TPSA) is 118 Å². The number of aryl methyl sites for hydroxylation is 1. The summed E-state index contributed by atoms with van der Waals surface area (Å²) in [5.41, 5.74) is 2.75. The number of anilines is 5. The van der Waals surface area contributed by atoms with Gasteiger partial charge in [-0.25, -0.2) is 15.0 Å². The summed E-state index contributed by atoms with van der Waals surface area (Å²) in [7, 11) is 0. The summed E-state index contributed by atoms with van der Waals surface area (Å²) in [6, 6.07) is 18.4. The Kier molecular flexibility index (Phi) is 5.95. The van der Waals surface area contributed by atoms with Crippen molar-refractivity contribution < 1.29 is 9.32 Å². The lowest BCUT2D eigenvalue weighted by Crippen LogP contribution is -2.12. The number of amides is 1. The summed E-state index contributed by atoms with van der Waals surface area (Å²) in [5, 5.41) is 15.0. The van der Waals surface area contributed by atoms with Gasteiger partial charge >= 0.3 is 0 Å². The highest BCUT2D eigenvalue weighted by Crippen LogP contribution is 2.26. The predicted octanol–water partition coefficient (Wildman–Crippen LogP) is 5.64. The number of hydrogen-bond donors (Lipinski definition) is 3. The quantitative estimate of drug-likeness (QED) is 0.280. The maximum atomic E-state index is 12.5. The Bertz CT molecular complexity index is 1420. The Balaban J connectivity index is 1.21. The highest BCUT2D eigenvalue weighted by Gasteiger charge is 2.14. The zero-order valence-electron chi connectivity index (χ0n) is 18.0. The number of rotatable bonds is 7. The van der Waals surface area contributed by atoms with Crippen LogP contribution in [0.25, 0.3) is 10.6 Å². The molecule has 0 aliphatic rings. The molecule has 0 spiro atoms. The van der Waals surface area contributed by atoms with Gasteiger partial charge in [0.05, 0.1) is 4.88 Å². The lowest BCUT2D eigenvalue weighted by atomic mass is 10.2. The molecule has 0 bridgehead atoms. The molecule has 1 amide bonds. The maximum absolute atomic E-state index is 12.5. The minimum Gasteiger partial charge on any atom is -0.355 e. The van der Waals surface area contributed by atoms with Gasteiger partial charge in [0.15, 0.2) is 11.5 Å². The average molecular weight is 470 g/mol. The molecule has 4 aromatic heterocycles. The number of benzene rings is 1. The van der Waals surface area contributed by atoms with Gasteiger partial charge in [-0.2, -0.15) is 0 Å². The van der Waals surface area contributed by atoms with E-state index in [9.17, 15) is 4.79 Å². The van der Waals surface area contributed by atoms with Gasteiger partial charge in [0.2, 0.25) is 0 Å². The van der Waals surface area contributed by atoms with Gasteiger partial charge in [0, 0.05) is 29.7 Å². The molecule has 0 fully saturated rings. The number of nitrogens with zero attached hydrogens (tertiary/aromatic N) is 4. The van der Waals surface area contributed by atoms with Crippen LogP contribution in [0.2, 0.25) is 0 Å². The molecular formula is C24H19N7O2S. The minimum absolute atomic E-state index is 0.217. The molecular weight excluding hydrogens is 450 g/mol. The fourth-order valence-electron chi connectivity index (χ4n) is 3.13. The molecule has 0 saturated carbocycles. The monoisotopic (exact) mass is 469 g/mol. The second kappa shape index (κ2) is 9.51. The summed E-state index contributed by atoms with van der Waals surface area (Å²) in [6.07, 6.45) is 3.21. The largest absolute Gasteiger partial charge is 0.355 e. The van der Waals surface area contributed by atoms with Crippen molar-refractivity contribution in [3.05, 3.63) is 89.8 Å². The van der Waals surface area contributed by atoms with Gasteiger partial charge in [0.25, 0.3) is 5.91 Å². The normalized spacial score (nSPS) is 10.6. The average Bonchev–Trinajstić information content (AvgIpc) is 3.53. The first-order valence-corrected chi connectivity index (χ1v) is 11.2. The standard InChI is InChI=1S/C24H19N7O2S/c1-15-8-9-25-21(11-15)30-23-13-22(26-14-27-23)28-16-4-6-17(7-5-16)29-24(32)18-12-19(33-31-18)20-3-2-10-34-20/h2-14H,1H3,(H,29,32)(H2,25,26,27,28,30). The van der Waals surface area contributed by atoms with E-state index < -0.39 is 0 Å². The van der Waals surface area contributed by atoms with Gasteiger partial charge in [-0.1, -0.05) is 11.2 Å². The lowest BCUT2D eigenvalue weighted by molar-refractivity contribution is 0.101. The van der Waals surface area contributed by atoms with Crippen molar-refractivity contribution in [1.29, 1.82) is 0 Å². The molecule has 0 aliphatic heterocycles. The third-order valence-corrected chi connectivity index (χ3v) is 5.65. The Morgan fingerprint density at radius 3 is 2.41 bits per heavy atom. The molecule has 0 saturated heterocycles. The Morgan fingerprint density at radius 1 is 0.882 bits per heavy atom. The van der Waals surface area contributed by atoms with Crippen molar-refractivity contribution >= 4 is 46.1 Å². The van der Waals surface area contributed by atoms with Crippen molar-refractivity contribution in [1.82, 2.24) is 20.1 Å². The second-order valence-corrected chi connectivity index (χ2v) is 8.29. The first-order chi connectivity index (χ1) is 16.6. The summed E-state index contributed by atoms with van der Waals surface area (Å²) in [6.45, 7) is 2.00. The van der Waals surface area contributed by atoms with E-state index in [-0.39, 0.29) is 11.6 Å². The molecule has 10 heteroatoms. The van der Waals surface area contributed by atoms with Crippen LogP contribution < -0.4 is 16.0 Å². The predicted molar refractivity (Wildman–Crippen MR) is 132 cm³/mol. The summed E-state index contributed by atoms with van der Waals surface area (Å²) in [5.74, 6) is 2.17. The zero-order valence-corrected chi connectivity index (χ0v) is 18.8. The van der Waals surface area contributed by atoms with Crippen molar-refractivity contribution in [2.24, 2.45) is 0 Å². The molecule has 9 nitrogen and oxygen atoms in total. The molecule has 0 atom stereocenters. The summed E-state index contributed by atoms with van der Waals surface area (Å²) >= 11 is 1.52. The molecule has 1 aromatic carbocycles. The van der Waals surface area contributed by atoms with Crippen LogP contribution in [0.5, 0.6) is 0 Å². The van der Waals surface area contributed by atoms with E-state index in [0.29, 0.717) is 28.9 Å². The fraction of sp³-hybridized carbons (Fsp3) is 0.0417. The highest BCUT2D eigenvalue weighted by molar-refractivity contribution is 7.13. The van der Waals surface area contributed by atoms with E-state index in [1.54, 1.807) is 30.5 Å². The number of carbonyl (C=O) groups excluding carboxylic acids is 1.